The molecule has 0 spiro atoms. The topological polar surface area (TPSA) is 131 Å². The van der Waals surface area contributed by atoms with Crippen LogP contribution >= 0.6 is 0 Å². The molecule has 6 rings (SSSR count). The maximum Gasteiger partial charge on any atom is 0.269 e. The van der Waals surface area contributed by atoms with Crippen LogP contribution in [-0.4, -0.2) is 43.0 Å². The summed E-state index contributed by atoms with van der Waals surface area (Å²) in [4.78, 5) is 9.03. The summed E-state index contributed by atoms with van der Waals surface area (Å²) in [6, 6.07) is 14.4. The predicted molar refractivity (Wildman–Crippen MR) is 142 cm³/mol. The van der Waals surface area contributed by atoms with E-state index in [9.17, 15) is 8.42 Å². The summed E-state index contributed by atoms with van der Waals surface area (Å²) in [5.74, 6) is 2.02. The highest BCUT2D eigenvalue weighted by Gasteiger charge is 2.37. The van der Waals surface area contributed by atoms with E-state index < -0.39 is 10.0 Å². The smallest absolute Gasteiger partial charge is 0.269 e. The first-order valence-corrected chi connectivity index (χ1v) is 14.0. The monoisotopic (exact) mass is 526 g/mol. The third-order valence-corrected chi connectivity index (χ3v) is 9.12. The van der Waals surface area contributed by atoms with Crippen LogP contribution in [-0.2, 0) is 10.0 Å². The molecule has 38 heavy (non-hydrogen) atoms. The normalized spacial score (nSPS) is 19.7. The molecule has 5 aromatic rings. The van der Waals surface area contributed by atoms with Crippen molar-refractivity contribution < 1.29 is 8.42 Å². The van der Waals surface area contributed by atoms with Crippen molar-refractivity contribution in [2.75, 3.05) is 5.32 Å². The summed E-state index contributed by atoms with van der Waals surface area (Å²) >= 11 is 0. The van der Waals surface area contributed by atoms with Crippen LogP contribution in [0.5, 0.6) is 0 Å². The molecule has 11 heteroatoms. The Morgan fingerprint density at radius 1 is 1.05 bits per heavy atom. The Balaban J connectivity index is 1.37. The maximum absolute atomic E-state index is 13.4. The van der Waals surface area contributed by atoms with Crippen LogP contribution in [0.2, 0.25) is 0 Å². The van der Waals surface area contributed by atoms with Gasteiger partial charge >= 0.3 is 0 Å². The Labute approximate surface area is 220 Å². The molecule has 0 aliphatic heterocycles. The Morgan fingerprint density at radius 3 is 2.58 bits per heavy atom. The zero-order valence-corrected chi connectivity index (χ0v) is 21.8. The van der Waals surface area contributed by atoms with Crippen LogP contribution in [0.4, 0.5) is 5.82 Å². The molecule has 3 atom stereocenters. The SMILES string of the molecule is CCC1CC(Nc2ccc(C#N)cn2)CC1c1nnc2cnc3c(ccn3S(=O)(=O)c3ccc(C)cc3)n12. The summed E-state index contributed by atoms with van der Waals surface area (Å²) < 4.78 is 30.1. The lowest BCUT2D eigenvalue weighted by Gasteiger charge is -2.16. The van der Waals surface area contributed by atoms with E-state index in [-0.39, 0.29) is 16.9 Å². The Bertz CT molecular complexity index is 1780. The summed E-state index contributed by atoms with van der Waals surface area (Å²) in [7, 11) is -3.82. The fourth-order valence-electron chi connectivity index (χ4n) is 5.47. The largest absolute Gasteiger partial charge is 0.367 e. The highest BCUT2D eigenvalue weighted by molar-refractivity contribution is 7.90. The summed E-state index contributed by atoms with van der Waals surface area (Å²) in [6.07, 6.45) is 7.42. The first-order valence-electron chi connectivity index (χ1n) is 12.5. The maximum atomic E-state index is 13.4. The van der Waals surface area contributed by atoms with E-state index in [0.29, 0.717) is 28.3 Å². The molecule has 10 nitrogen and oxygen atoms in total. The number of rotatable bonds is 6. The van der Waals surface area contributed by atoms with Crippen LogP contribution in [0, 0.1) is 24.2 Å². The molecular weight excluding hydrogens is 500 g/mol. The number of nitrogens with one attached hydrogen (secondary N) is 1. The van der Waals surface area contributed by atoms with Gasteiger partial charge in [-0.2, -0.15) is 5.26 Å². The second-order valence-corrected chi connectivity index (χ2v) is 11.6. The third-order valence-electron chi connectivity index (χ3n) is 7.44. The summed E-state index contributed by atoms with van der Waals surface area (Å²) in [5.41, 5.74) is 3.08. The standard InChI is InChI=1S/C27H26N8O2S/c1-3-19-12-20(31-24-9-6-18(14-28)15-29-24)13-22(19)26-33-32-25-16-30-27-23(35(25)26)10-11-34(27)38(36,37)21-7-4-17(2)5-8-21/h4-11,15-16,19-20,22H,3,12-13H2,1-2H3,(H,29,31). The minimum atomic E-state index is -3.82. The zero-order chi connectivity index (χ0) is 26.4. The molecule has 1 aromatic carbocycles. The van der Waals surface area contributed by atoms with Crippen LogP contribution in [0.1, 0.15) is 49.1 Å². The summed E-state index contributed by atoms with van der Waals surface area (Å²) in [6.45, 7) is 4.09. The molecule has 0 saturated heterocycles. The van der Waals surface area contributed by atoms with Crippen LogP contribution in [0.3, 0.4) is 0 Å². The second-order valence-electron chi connectivity index (χ2n) is 9.78. The summed E-state index contributed by atoms with van der Waals surface area (Å²) in [5, 5.41) is 21.5. The van der Waals surface area contributed by atoms with Gasteiger partial charge in [0.15, 0.2) is 11.3 Å². The Kier molecular flexibility index (Phi) is 5.84. The van der Waals surface area contributed by atoms with Gasteiger partial charge in [0, 0.05) is 24.4 Å². The van der Waals surface area contributed by atoms with Crippen molar-refractivity contribution in [1.82, 2.24) is 28.5 Å². The van der Waals surface area contributed by atoms with Gasteiger partial charge in [-0.1, -0.05) is 31.0 Å². The number of aromatic nitrogens is 6. The first kappa shape index (κ1) is 24.1. The fourth-order valence-corrected chi connectivity index (χ4v) is 6.77. The molecular formula is C27H26N8O2S. The molecule has 4 aromatic heterocycles. The van der Waals surface area contributed by atoms with Crippen LogP contribution in [0.15, 0.2) is 66.0 Å². The van der Waals surface area contributed by atoms with Gasteiger partial charge in [-0.05, 0) is 56.0 Å². The van der Waals surface area contributed by atoms with Gasteiger partial charge in [-0.15, -0.1) is 10.2 Å². The number of pyridine rings is 1. The predicted octanol–water partition coefficient (Wildman–Crippen LogP) is 4.28. The van der Waals surface area contributed by atoms with Crippen molar-refractivity contribution >= 4 is 32.7 Å². The zero-order valence-electron chi connectivity index (χ0n) is 21.0. The number of hydrogen-bond donors (Lipinski definition) is 1. The molecule has 1 saturated carbocycles. The average molecular weight is 527 g/mol. The van der Waals surface area contributed by atoms with Crippen molar-refractivity contribution in [2.24, 2.45) is 5.92 Å². The van der Waals surface area contributed by atoms with E-state index in [1.165, 1.54) is 3.97 Å². The molecule has 3 unspecified atom stereocenters. The molecule has 1 aliphatic carbocycles. The van der Waals surface area contributed by atoms with Gasteiger partial charge in [0.1, 0.15) is 17.7 Å². The van der Waals surface area contributed by atoms with Crippen molar-refractivity contribution in [3.63, 3.8) is 0 Å². The molecule has 192 valence electrons. The third kappa shape index (κ3) is 3.97. The molecule has 4 heterocycles. The average Bonchev–Trinajstić information content (AvgIpc) is 3.65. The highest BCUT2D eigenvalue weighted by atomic mass is 32.2. The number of hydrogen-bond acceptors (Lipinski definition) is 8. The first-order chi connectivity index (χ1) is 18.4. The van der Waals surface area contributed by atoms with Gasteiger partial charge in [0.05, 0.1) is 22.2 Å². The van der Waals surface area contributed by atoms with Gasteiger partial charge < -0.3 is 5.32 Å². The van der Waals surface area contributed by atoms with Crippen molar-refractivity contribution in [2.45, 2.75) is 50.0 Å². The minimum absolute atomic E-state index is 0.119. The lowest BCUT2D eigenvalue weighted by molar-refractivity contribution is 0.451. The number of nitrogens with zero attached hydrogens (tertiary/aromatic N) is 7. The number of fused-ring (bicyclic) bond motifs is 3. The Hall–Kier alpha value is -4.30. The van der Waals surface area contributed by atoms with Gasteiger partial charge in [-0.25, -0.2) is 22.4 Å². The number of benzene rings is 1. The molecule has 1 fully saturated rings. The van der Waals surface area contributed by atoms with Crippen LogP contribution < -0.4 is 5.32 Å². The van der Waals surface area contributed by atoms with Gasteiger partial charge in [-0.3, -0.25) is 4.40 Å². The molecule has 0 bridgehead atoms. The molecule has 1 N–H and O–H groups in total. The van der Waals surface area contributed by atoms with Gasteiger partial charge in [0.2, 0.25) is 0 Å². The van der Waals surface area contributed by atoms with E-state index in [1.54, 1.807) is 55.0 Å². The van der Waals surface area contributed by atoms with Crippen molar-refractivity contribution in [3.8, 4) is 6.07 Å². The van der Waals surface area contributed by atoms with Crippen molar-refractivity contribution in [3.05, 3.63) is 78.0 Å². The molecule has 0 amide bonds. The van der Waals surface area contributed by atoms with E-state index in [4.69, 9.17) is 5.26 Å². The van der Waals surface area contributed by atoms with E-state index in [0.717, 1.165) is 36.5 Å². The number of aryl methyl sites for hydroxylation is 1. The second kappa shape index (κ2) is 9.22. The Morgan fingerprint density at radius 2 is 1.87 bits per heavy atom. The lowest BCUT2D eigenvalue weighted by Crippen LogP contribution is -2.16. The van der Waals surface area contributed by atoms with E-state index in [2.05, 4.69) is 38.5 Å². The minimum Gasteiger partial charge on any atom is -0.367 e. The van der Waals surface area contributed by atoms with Crippen LogP contribution in [0.25, 0.3) is 16.8 Å². The van der Waals surface area contributed by atoms with E-state index in [1.807, 2.05) is 17.4 Å². The number of nitriles is 1. The molecule has 0 radical (unpaired) electrons. The van der Waals surface area contributed by atoms with Crippen molar-refractivity contribution in [1.29, 1.82) is 5.26 Å². The molecule has 1 aliphatic rings. The number of anilines is 1. The van der Waals surface area contributed by atoms with Gasteiger partial charge in [0.25, 0.3) is 10.0 Å². The highest BCUT2D eigenvalue weighted by Crippen LogP contribution is 2.42. The quantitative estimate of drug-likeness (QED) is 0.347. The fraction of sp³-hybridized carbons (Fsp3) is 0.296. The lowest BCUT2D eigenvalue weighted by atomic mass is 9.93. The van der Waals surface area contributed by atoms with E-state index >= 15 is 0 Å².